The summed E-state index contributed by atoms with van der Waals surface area (Å²) in [5.41, 5.74) is 6.26. The lowest BCUT2D eigenvalue weighted by molar-refractivity contribution is 0.199. The van der Waals surface area contributed by atoms with Gasteiger partial charge in [0, 0.05) is 17.3 Å². The Labute approximate surface area is 96.0 Å². The molecule has 1 aliphatic rings. The Balaban J connectivity index is 2.24. The van der Waals surface area contributed by atoms with Crippen molar-refractivity contribution in [2.75, 3.05) is 18.9 Å². The van der Waals surface area contributed by atoms with Gasteiger partial charge in [0.25, 0.3) is 0 Å². The highest BCUT2D eigenvalue weighted by Crippen LogP contribution is 2.25. The van der Waals surface area contributed by atoms with E-state index in [2.05, 4.69) is 0 Å². The maximum Gasteiger partial charge on any atom is 0.0651 e. The van der Waals surface area contributed by atoms with Crippen LogP contribution in [0.1, 0.15) is 6.42 Å². The molecule has 1 fully saturated rings. The van der Waals surface area contributed by atoms with Crippen LogP contribution in [-0.4, -0.2) is 22.7 Å². The molecule has 2 rings (SSSR count). The fourth-order valence-corrected chi connectivity index (χ4v) is 3.13. The highest BCUT2D eigenvalue weighted by molar-refractivity contribution is 7.85. The first-order valence-corrected chi connectivity index (χ1v) is 6.31. The molecule has 5 heteroatoms. The summed E-state index contributed by atoms with van der Waals surface area (Å²) in [6, 6.07) is 5.07. The van der Waals surface area contributed by atoms with Crippen molar-refractivity contribution in [1.29, 1.82) is 0 Å². The first kappa shape index (κ1) is 10.9. The third-order valence-corrected chi connectivity index (χ3v) is 4.40. The van der Waals surface area contributed by atoms with Gasteiger partial charge >= 0.3 is 0 Å². The van der Waals surface area contributed by atoms with Crippen molar-refractivity contribution in [2.24, 2.45) is 0 Å². The van der Waals surface area contributed by atoms with Crippen LogP contribution >= 0.6 is 11.6 Å². The Morgan fingerprint density at radius 1 is 1.53 bits per heavy atom. The molecule has 0 aliphatic carbocycles. The van der Waals surface area contributed by atoms with Gasteiger partial charge < -0.3 is 10.5 Å². The largest absolute Gasteiger partial charge is 0.398 e. The quantitative estimate of drug-likeness (QED) is 0.809. The van der Waals surface area contributed by atoms with E-state index in [-0.39, 0.29) is 5.25 Å². The van der Waals surface area contributed by atoms with Crippen LogP contribution in [0, 0.1) is 0 Å². The zero-order chi connectivity index (χ0) is 10.8. The molecule has 15 heavy (non-hydrogen) atoms. The minimum absolute atomic E-state index is 0.0634. The fourth-order valence-electron chi connectivity index (χ4n) is 1.56. The Morgan fingerprint density at radius 2 is 2.33 bits per heavy atom. The van der Waals surface area contributed by atoms with E-state index in [4.69, 9.17) is 22.1 Å². The van der Waals surface area contributed by atoms with Gasteiger partial charge in [0.1, 0.15) is 0 Å². The second kappa shape index (κ2) is 4.51. The van der Waals surface area contributed by atoms with Crippen LogP contribution in [0.4, 0.5) is 5.69 Å². The number of anilines is 1. The Morgan fingerprint density at radius 3 is 2.93 bits per heavy atom. The average Bonchev–Trinajstić information content (AvgIpc) is 2.69. The number of rotatable bonds is 2. The SMILES string of the molecule is Nc1cc(Cl)ccc1S(=O)C1CCOC1. The second-order valence-electron chi connectivity index (χ2n) is 3.47. The van der Waals surface area contributed by atoms with E-state index in [1.165, 1.54) is 0 Å². The summed E-state index contributed by atoms with van der Waals surface area (Å²) in [4.78, 5) is 0.662. The molecule has 2 N–H and O–H groups in total. The molecule has 1 heterocycles. The van der Waals surface area contributed by atoms with Crippen LogP contribution in [0.3, 0.4) is 0 Å². The molecule has 2 unspecified atom stereocenters. The van der Waals surface area contributed by atoms with Gasteiger partial charge in [0.15, 0.2) is 0 Å². The van der Waals surface area contributed by atoms with E-state index in [0.29, 0.717) is 28.8 Å². The zero-order valence-electron chi connectivity index (χ0n) is 8.11. The lowest BCUT2D eigenvalue weighted by Crippen LogP contribution is -2.16. The molecule has 2 atom stereocenters. The maximum absolute atomic E-state index is 12.1. The summed E-state index contributed by atoms with van der Waals surface area (Å²) in [5, 5.41) is 0.629. The molecule has 0 saturated carbocycles. The molecule has 0 aromatic heterocycles. The molecule has 0 spiro atoms. The van der Waals surface area contributed by atoms with Crippen LogP contribution < -0.4 is 5.73 Å². The molecule has 1 saturated heterocycles. The molecule has 0 amide bonds. The molecule has 0 bridgehead atoms. The van der Waals surface area contributed by atoms with Crippen LogP contribution in [0.2, 0.25) is 5.02 Å². The van der Waals surface area contributed by atoms with Gasteiger partial charge in [-0.25, -0.2) is 0 Å². The predicted molar refractivity (Wildman–Crippen MR) is 61.5 cm³/mol. The molecule has 1 aromatic carbocycles. The van der Waals surface area contributed by atoms with Crippen LogP contribution in [0.25, 0.3) is 0 Å². The second-order valence-corrected chi connectivity index (χ2v) is 5.60. The van der Waals surface area contributed by atoms with Crippen molar-refractivity contribution in [3.63, 3.8) is 0 Å². The summed E-state index contributed by atoms with van der Waals surface area (Å²) in [6.45, 7) is 1.23. The van der Waals surface area contributed by atoms with Crippen molar-refractivity contribution in [1.82, 2.24) is 0 Å². The van der Waals surface area contributed by atoms with Gasteiger partial charge in [-0.05, 0) is 24.6 Å². The molecule has 1 aromatic rings. The number of nitrogen functional groups attached to an aromatic ring is 1. The van der Waals surface area contributed by atoms with Crippen LogP contribution in [0.5, 0.6) is 0 Å². The lowest BCUT2D eigenvalue weighted by atomic mass is 10.3. The minimum atomic E-state index is -1.09. The van der Waals surface area contributed by atoms with E-state index < -0.39 is 10.8 Å². The van der Waals surface area contributed by atoms with E-state index in [1.54, 1.807) is 18.2 Å². The summed E-state index contributed by atoms with van der Waals surface area (Å²) in [5.74, 6) is 0. The first-order chi connectivity index (χ1) is 7.18. The standard InChI is InChI=1S/C10H12ClNO2S/c11-7-1-2-10(9(12)5-7)15(13)8-3-4-14-6-8/h1-2,5,8H,3-4,6,12H2. The minimum Gasteiger partial charge on any atom is -0.398 e. The third kappa shape index (κ3) is 2.33. The Kier molecular flexibility index (Phi) is 3.29. The number of hydrogen-bond acceptors (Lipinski definition) is 3. The molecular formula is C10H12ClNO2S. The van der Waals surface area contributed by atoms with Crippen molar-refractivity contribution >= 4 is 28.1 Å². The molecular weight excluding hydrogens is 234 g/mol. The Hall–Kier alpha value is -0.580. The van der Waals surface area contributed by atoms with Gasteiger partial charge in [-0.1, -0.05) is 11.6 Å². The number of nitrogens with two attached hydrogens (primary N) is 1. The van der Waals surface area contributed by atoms with Crippen LogP contribution in [-0.2, 0) is 15.5 Å². The average molecular weight is 246 g/mol. The monoisotopic (exact) mass is 245 g/mol. The van der Waals surface area contributed by atoms with Gasteiger partial charge in [0.2, 0.25) is 0 Å². The molecule has 0 radical (unpaired) electrons. The van der Waals surface area contributed by atoms with Gasteiger partial charge in [-0.3, -0.25) is 4.21 Å². The summed E-state index contributed by atoms with van der Waals surface area (Å²) >= 11 is 5.78. The molecule has 3 nitrogen and oxygen atoms in total. The predicted octanol–water partition coefficient (Wildman–Crippen LogP) is 1.82. The van der Waals surface area contributed by atoms with Crippen LogP contribution in [0.15, 0.2) is 23.1 Å². The topological polar surface area (TPSA) is 52.3 Å². The van der Waals surface area contributed by atoms with E-state index in [0.717, 1.165) is 6.42 Å². The lowest BCUT2D eigenvalue weighted by Gasteiger charge is -2.10. The van der Waals surface area contributed by atoms with Crippen molar-refractivity contribution in [3.8, 4) is 0 Å². The number of ether oxygens (including phenoxy) is 1. The van der Waals surface area contributed by atoms with Crippen molar-refractivity contribution in [2.45, 2.75) is 16.6 Å². The number of benzene rings is 1. The molecule has 1 aliphatic heterocycles. The highest BCUT2D eigenvalue weighted by Gasteiger charge is 2.24. The summed E-state index contributed by atoms with van der Waals surface area (Å²) in [6.07, 6.45) is 0.828. The summed E-state index contributed by atoms with van der Waals surface area (Å²) in [7, 11) is -1.09. The number of hydrogen-bond donors (Lipinski definition) is 1. The molecule has 82 valence electrons. The smallest absolute Gasteiger partial charge is 0.0651 e. The summed E-state index contributed by atoms with van der Waals surface area (Å²) < 4.78 is 17.3. The normalized spacial score (nSPS) is 22.9. The fraction of sp³-hybridized carbons (Fsp3) is 0.400. The van der Waals surface area contributed by atoms with Gasteiger partial charge in [-0.2, -0.15) is 0 Å². The first-order valence-electron chi connectivity index (χ1n) is 4.72. The highest BCUT2D eigenvalue weighted by atomic mass is 35.5. The number of halogens is 1. The van der Waals surface area contributed by atoms with E-state index in [1.807, 2.05) is 0 Å². The zero-order valence-corrected chi connectivity index (χ0v) is 9.68. The van der Waals surface area contributed by atoms with Crippen molar-refractivity contribution < 1.29 is 8.95 Å². The van der Waals surface area contributed by atoms with Crippen molar-refractivity contribution in [3.05, 3.63) is 23.2 Å². The van der Waals surface area contributed by atoms with E-state index >= 15 is 0 Å². The van der Waals surface area contributed by atoms with E-state index in [9.17, 15) is 4.21 Å². The van der Waals surface area contributed by atoms with Gasteiger partial charge in [0.05, 0.1) is 27.6 Å². The van der Waals surface area contributed by atoms with Gasteiger partial charge in [-0.15, -0.1) is 0 Å². The third-order valence-electron chi connectivity index (χ3n) is 2.38. The Bertz CT molecular complexity index is 391. The maximum atomic E-state index is 12.1.